The van der Waals surface area contributed by atoms with Gasteiger partial charge in [0.15, 0.2) is 5.16 Å². The van der Waals surface area contributed by atoms with Gasteiger partial charge in [-0.2, -0.15) is 0 Å². The Kier molecular flexibility index (Phi) is 6.87. The van der Waals surface area contributed by atoms with Gasteiger partial charge in [0.2, 0.25) is 0 Å². The Labute approximate surface area is 162 Å². The standard InChI is InChI=1S/C19H24N2O5S/c1-3-4-8-21-17(22)15-6-5-13(18(23)24-2)10-16(15)20-19(21)27-11-14-7-9-25-12-26-14/h5-6,10,14H,3-4,7-9,11-12H2,1-2H3/t14-/m0/s1. The number of hydrogen-bond acceptors (Lipinski definition) is 7. The third kappa shape index (κ3) is 4.69. The summed E-state index contributed by atoms with van der Waals surface area (Å²) in [4.78, 5) is 29.5. The first-order valence-corrected chi connectivity index (χ1v) is 10.1. The number of thioether (sulfide) groups is 1. The van der Waals surface area contributed by atoms with E-state index in [4.69, 9.17) is 14.2 Å². The molecule has 1 aromatic carbocycles. The van der Waals surface area contributed by atoms with Gasteiger partial charge in [-0.15, -0.1) is 0 Å². The Bertz CT molecular complexity index is 861. The first kappa shape index (κ1) is 19.9. The molecule has 0 N–H and O–H groups in total. The average Bonchev–Trinajstić information content (AvgIpc) is 2.71. The van der Waals surface area contributed by atoms with E-state index in [9.17, 15) is 9.59 Å². The monoisotopic (exact) mass is 392 g/mol. The lowest BCUT2D eigenvalue weighted by atomic mass is 10.1. The van der Waals surface area contributed by atoms with Crippen molar-refractivity contribution >= 4 is 28.6 Å². The molecule has 1 atom stereocenters. The van der Waals surface area contributed by atoms with E-state index >= 15 is 0 Å². The molecule has 2 heterocycles. The second-order valence-corrected chi connectivity index (χ2v) is 7.33. The van der Waals surface area contributed by atoms with Crippen molar-refractivity contribution in [2.24, 2.45) is 0 Å². The minimum atomic E-state index is -0.446. The average molecular weight is 392 g/mol. The van der Waals surface area contributed by atoms with E-state index in [0.29, 0.717) is 47.3 Å². The number of unbranched alkanes of at least 4 members (excludes halogenated alkanes) is 1. The Morgan fingerprint density at radius 1 is 1.44 bits per heavy atom. The number of fused-ring (bicyclic) bond motifs is 1. The second-order valence-electron chi connectivity index (χ2n) is 6.34. The molecule has 1 saturated heterocycles. The SMILES string of the molecule is CCCCn1c(SC[C@@H]2CCOCO2)nc2cc(C(=O)OC)ccc2c1=O. The van der Waals surface area contributed by atoms with Gasteiger partial charge in [-0.25, -0.2) is 9.78 Å². The molecule has 1 aliphatic rings. The largest absolute Gasteiger partial charge is 0.465 e. The minimum absolute atomic E-state index is 0.0809. The zero-order chi connectivity index (χ0) is 19.2. The number of carbonyl (C=O) groups is 1. The van der Waals surface area contributed by atoms with E-state index in [1.54, 1.807) is 22.8 Å². The highest BCUT2D eigenvalue weighted by atomic mass is 32.2. The molecule has 0 unspecified atom stereocenters. The lowest BCUT2D eigenvalue weighted by molar-refractivity contribution is -0.130. The Morgan fingerprint density at radius 3 is 3.00 bits per heavy atom. The molecule has 146 valence electrons. The van der Waals surface area contributed by atoms with E-state index in [1.807, 2.05) is 0 Å². The summed E-state index contributed by atoms with van der Waals surface area (Å²) >= 11 is 1.51. The Morgan fingerprint density at radius 2 is 2.30 bits per heavy atom. The van der Waals surface area contributed by atoms with Gasteiger partial charge in [0.25, 0.3) is 5.56 Å². The first-order valence-electron chi connectivity index (χ1n) is 9.09. The highest BCUT2D eigenvalue weighted by Gasteiger charge is 2.18. The molecular weight excluding hydrogens is 368 g/mol. The predicted octanol–water partition coefficient (Wildman–Crippen LogP) is 2.84. The molecular formula is C19H24N2O5S. The number of aromatic nitrogens is 2. The quantitative estimate of drug-likeness (QED) is 0.407. The molecule has 0 aliphatic carbocycles. The Balaban J connectivity index is 1.96. The zero-order valence-corrected chi connectivity index (χ0v) is 16.4. The molecule has 1 fully saturated rings. The number of esters is 1. The van der Waals surface area contributed by atoms with Crippen molar-refractivity contribution in [1.29, 1.82) is 0 Å². The van der Waals surface area contributed by atoms with Gasteiger partial charge in [0, 0.05) is 12.3 Å². The molecule has 27 heavy (non-hydrogen) atoms. The molecule has 1 aromatic heterocycles. The fourth-order valence-electron chi connectivity index (χ4n) is 2.87. The summed E-state index contributed by atoms with van der Waals surface area (Å²) in [6.45, 7) is 3.70. The normalized spacial score (nSPS) is 17.2. The molecule has 7 nitrogen and oxygen atoms in total. The van der Waals surface area contributed by atoms with Crippen LogP contribution in [0.4, 0.5) is 0 Å². The molecule has 0 amide bonds. The molecule has 3 rings (SSSR count). The van der Waals surface area contributed by atoms with Crippen LogP contribution in [0, 0.1) is 0 Å². The van der Waals surface area contributed by atoms with E-state index in [0.717, 1.165) is 19.3 Å². The molecule has 2 aromatic rings. The van der Waals surface area contributed by atoms with Crippen LogP contribution < -0.4 is 5.56 Å². The van der Waals surface area contributed by atoms with Crippen molar-refractivity contribution in [3.63, 3.8) is 0 Å². The Hall–Kier alpha value is -1.90. The lowest BCUT2D eigenvalue weighted by Gasteiger charge is -2.22. The predicted molar refractivity (Wildman–Crippen MR) is 103 cm³/mol. The number of benzene rings is 1. The fraction of sp³-hybridized carbons (Fsp3) is 0.526. The van der Waals surface area contributed by atoms with Crippen molar-refractivity contribution in [3.05, 3.63) is 34.1 Å². The molecule has 0 bridgehead atoms. The van der Waals surface area contributed by atoms with E-state index in [1.165, 1.54) is 18.9 Å². The van der Waals surface area contributed by atoms with Crippen LogP contribution >= 0.6 is 11.8 Å². The van der Waals surface area contributed by atoms with Gasteiger partial charge in [0.05, 0.1) is 36.3 Å². The van der Waals surface area contributed by atoms with Crippen molar-refractivity contribution in [2.45, 2.75) is 44.0 Å². The fourth-order valence-corrected chi connectivity index (χ4v) is 3.96. The molecule has 8 heteroatoms. The first-order chi connectivity index (χ1) is 13.1. The topological polar surface area (TPSA) is 79.7 Å². The summed E-state index contributed by atoms with van der Waals surface area (Å²) in [6.07, 6.45) is 2.79. The maximum absolute atomic E-state index is 13.0. The summed E-state index contributed by atoms with van der Waals surface area (Å²) in [7, 11) is 1.33. The smallest absolute Gasteiger partial charge is 0.337 e. The van der Waals surface area contributed by atoms with Crippen LogP contribution in [-0.2, 0) is 20.8 Å². The number of hydrogen-bond donors (Lipinski definition) is 0. The molecule has 0 radical (unpaired) electrons. The third-order valence-corrected chi connectivity index (χ3v) is 5.55. The van der Waals surface area contributed by atoms with Crippen molar-refractivity contribution in [3.8, 4) is 0 Å². The van der Waals surface area contributed by atoms with E-state index < -0.39 is 5.97 Å². The third-order valence-electron chi connectivity index (χ3n) is 4.45. The number of rotatable bonds is 7. The lowest BCUT2D eigenvalue weighted by Crippen LogP contribution is -2.27. The van der Waals surface area contributed by atoms with Gasteiger partial charge in [-0.05, 0) is 31.0 Å². The van der Waals surface area contributed by atoms with Crippen LogP contribution in [-0.4, -0.2) is 47.9 Å². The van der Waals surface area contributed by atoms with Crippen LogP contribution in [0.15, 0.2) is 28.2 Å². The highest BCUT2D eigenvalue weighted by Crippen LogP contribution is 2.22. The van der Waals surface area contributed by atoms with Crippen LogP contribution in [0.3, 0.4) is 0 Å². The number of nitrogens with zero attached hydrogens (tertiary/aromatic N) is 2. The number of carbonyl (C=O) groups excluding carboxylic acids is 1. The molecule has 1 aliphatic heterocycles. The summed E-state index contributed by atoms with van der Waals surface area (Å²) in [5.41, 5.74) is 0.804. The maximum Gasteiger partial charge on any atom is 0.337 e. The van der Waals surface area contributed by atoms with Crippen LogP contribution in [0.25, 0.3) is 10.9 Å². The maximum atomic E-state index is 13.0. The molecule has 0 spiro atoms. The summed E-state index contributed by atoms with van der Waals surface area (Å²) in [6, 6.07) is 4.86. The van der Waals surface area contributed by atoms with E-state index in [-0.39, 0.29) is 11.7 Å². The van der Waals surface area contributed by atoms with Gasteiger partial charge >= 0.3 is 5.97 Å². The number of methoxy groups -OCH3 is 1. The van der Waals surface area contributed by atoms with E-state index in [2.05, 4.69) is 11.9 Å². The zero-order valence-electron chi connectivity index (χ0n) is 15.6. The minimum Gasteiger partial charge on any atom is -0.465 e. The molecule has 0 saturated carbocycles. The van der Waals surface area contributed by atoms with Crippen LogP contribution in [0.2, 0.25) is 0 Å². The van der Waals surface area contributed by atoms with Crippen molar-refractivity contribution in [2.75, 3.05) is 26.3 Å². The highest BCUT2D eigenvalue weighted by molar-refractivity contribution is 7.99. The van der Waals surface area contributed by atoms with Gasteiger partial charge in [-0.1, -0.05) is 25.1 Å². The van der Waals surface area contributed by atoms with Crippen molar-refractivity contribution < 1.29 is 19.0 Å². The van der Waals surface area contributed by atoms with Crippen LogP contribution in [0.1, 0.15) is 36.5 Å². The number of ether oxygens (including phenoxy) is 3. The summed E-state index contributed by atoms with van der Waals surface area (Å²) in [5, 5.41) is 1.16. The summed E-state index contributed by atoms with van der Waals surface area (Å²) < 4.78 is 17.3. The second kappa shape index (κ2) is 9.34. The van der Waals surface area contributed by atoms with Gasteiger partial charge in [-0.3, -0.25) is 9.36 Å². The van der Waals surface area contributed by atoms with Crippen molar-refractivity contribution in [1.82, 2.24) is 9.55 Å². The summed E-state index contributed by atoms with van der Waals surface area (Å²) in [5.74, 6) is 0.253. The van der Waals surface area contributed by atoms with Gasteiger partial charge < -0.3 is 14.2 Å². The van der Waals surface area contributed by atoms with Gasteiger partial charge in [0.1, 0.15) is 6.79 Å². The van der Waals surface area contributed by atoms with Crippen LogP contribution in [0.5, 0.6) is 0 Å².